The summed E-state index contributed by atoms with van der Waals surface area (Å²) in [7, 11) is 0. The molecule has 0 unspecified atom stereocenters. The molecule has 0 aliphatic carbocycles. The van der Waals surface area contributed by atoms with E-state index in [9.17, 15) is 0 Å². The minimum atomic E-state index is 0.919. The lowest BCUT2D eigenvalue weighted by Crippen LogP contribution is -2.33. The van der Waals surface area contributed by atoms with Crippen molar-refractivity contribution < 1.29 is 0 Å². The van der Waals surface area contributed by atoms with Crippen LogP contribution < -0.4 is 5.32 Å². The third kappa shape index (κ3) is 2.99. The number of hydrogen-bond acceptors (Lipinski definition) is 4. The zero-order chi connectivity index (χ0) is 13.8. The normalized spacial score (nSPS) is 15.1. The van der Waals surface area contributed by atoms with Crippen molar-refractivity contribution in [3.8, 4) is 0 Å². The molecule has 20 heavy (non-hydrogen) atoms. The molecule has 0 amide bonds. The highest BCUT2D eigenvalue weighted by atomic mass is 15.2. The molecule has 0 saturated carbocycles. The predicted molar refractivity (Wildman–Crippen MR) is 79.4 cm³/mol. The Morgan fingerprint density at radius 1 is 1.25 bits per heavy atom. The minimum Gasteiger partial charge on any atom is -0.370 e. The average molecular weight is 271 g/mol. The number of fused-ring (bicyclic) bond motifs is 1. The molecule has 5 nitrogen and oxygen atoms in total. The molecular formula is C15H21N5. The molecule has 0 aromatic carbocycles. The maximum atomic E-state index is 4.46. The second kappa shape index (κ2) is 6.05. The van der Waals surface area contributed by atoms with Crippen LogP contribution in [0.2, 0.25) is 0 Å². The van der Waals surface area contributed by atoms with Crippen LogP contribution in [-0.2, 0) is 19.6 Å². The van der Waals surface area contributed by atoms with Gasteiger partial charge in [-0.1, -0.05) is 13.0 Å². The van der Waals surface area contributed by atoms with Crippen LogP contribution in [0.1, 0.15) is 24.7 Å². The Kier molecular flexibility index (Phi) is 3.97. The first-order chi connectivity index (χ1) is 9.85. The number of rotatable bonds is 5. The number of aromatic nitrogens is 3. The number of nitrogens with zero attached hydrogens (tertiary/aromatic N) is 4. The van der Waals surface area contributed by atoms with Gasteiger partial charge in [0, 0.05) is 44.8 Å². The lowest BCUT2D eigenvalue weighted by Gasteiger charge is -2.27. The first-order valence-corrected chi connectivity index (χ1v) is 7.26. The van der Waals surface area contributed by atoms with Gasteiger partial charge >= 0.3 is 0 Å². The van der Waals surface area contributed by atoms with Crippen molar-refractivity contribution >= 4 is 5.82 Å². The SMILES string of the molecule is CCCNc1ccc(CN2CCn3ccnc3C2)cn1. The topological polar surface area (TPSA) is 46.0 Å². The van der Waals surface area contributed by atoms with Gasteiger partial charge in [-0.2, -0.15) is 0 Å². The van der Waals surface area contributed by atoms with E-state index in [-0.39, 0.29) is 0 Å². The molecule has 0 radical (unpaired) electrons. The smallest absolute Gasteiger partial charge is 0.125 e. The minimum absolute atomic E-state index is 0.919. The average Bonchev–Trinajstić information content (AvgIpc) is 2.94. The van der Waals surface area contributed by atoms with Gasteiger partial charge in [0.25, 0.3) is 0 Å². The standard InChI is InChI=1S/C15H21N5/c1-2-5-16-14-4-3-13(10-18-14)11-19-8-9-20-7-6-17-15(20)12-19/h3-4,6-7,10H,2,5,8-9,11-12H2,1H3,(H,16,18). The zero-order valence-electron chi connectivity index (χ0n) is 11.9. The highest BCUT2D eigenvalue weighted by Gasteiger charge is 2.16. The van der Waals surface area contributed by atoms with Gasteiger partial charge in [0.1, 0.15) is 11.6 Å². The summed E-state index contributed by atoms with van der Waals surface area (Å²) < 4.78 is 2.23. The van der Waals surface area contributed by atoms with E-state index in [2.05, 4.69) is 50.0 Å². The summed E-state index contributed by atoms with van der Waals surface area (Å²) in [5.41, 5.74) is 1.26. The van der Waals surface area contributed by atoms with E-state index in [1.165, 1.54) is 5.56 Å². The summed E-state index contributed by atoms with van der Waals surface area (Å²) in [4.78, 5) is 11.3. The third-order valence-corrected chi connectivity index (χ3v) is 3.61. The van der Waals surface area contributed by atoms with Crippen LogP contribution in [0.3, 0.4) is 0 Å². The number of pyridine rings is 1. The molecule has 3 rings (SSSR count). The van der Waals surface area contributed by atoms with Gasteiger partial charge in [0.2, 0.25) is 0 Å². The fraction of sp³-hybridized carbons (Fsp3) is 0.467. The van der Waals surface area contributed by atoms with E-state index in [0.29, 0.717) is 0 Å². The summed E-state index contributed by atoms with van der Waals surface area (Å²) >= 11 is 0. The molecule has 1 N–H and O–H groups in total. The van der Waals surface area contributed by atoms with Crippen molar-refractivity contribution in [1.82, 2.24) is 19.4 Å². The van der Waals surface area contributed by atoms with Crippen molar-refractivity contribution in [3.05, 3.63) is 42.1 Å². The summed E-state index contributed by atoms with van der Waals surface area (Å²) in [6.45, 7) is 7.08. The molecule has 0 atom stereocenters. The molecule has 3 heterocycles. The molecule has 5 heteroatoms. The van der Waals surface area contributed by atoms with Crippen molar-refractivity contribution in [1.29, 1.82) is 0 Å². The Balaban J connectivity index is 1.58. The molecule has 2 aromatic rings. The predicted octanol–water partition coefficient (Wildman–Crippen LogP) is 2.12. The van der Waals surface area contributed by atoms with Crippen molar-refractivity contribution in [3.63, 3.8) is 0 Å². The van der Waals surface area contributed by atoms with Gasteiger partial charge in [-0.15, -0.1) is 0 Å². The molecule has 0 bridgehead atoms. The second-order valence-corrected chi connectivity index (χ2v) is 5.23. The number of hydrogen-bond donors (Lipinski definition) is 1. The first-order valence-electron chi connectivity index (χ1n) is 7.26. The molecular weight excluding hydrogens is 250 g/mol. The zero-order valence-corrected chi connectivity index (χ0v) is 11.9. The van der Waals surface area contributed by atoms with Crippen LogP contribution in [0.4, 0.5) is 5.82 Å². The van der Waals surface area contributed by atoms with E-state index >= 15 is 0 Å². The van der Waals surface area contributed by atoms with Crippen LogP contribution in [0.5, 0.6) is 0 Å². The largest absolute Gasteiger partial charge is 0.370 e. The molecule has 0 fully saturated rings. The highest BCUT2D eigenvalue weighted by Crippen LogP contribution is 2.14. The number of nitrogens with one attached hydrogen (secondary N) is 1. The van der Waals surface area contributed by atoms with Crippen molar-refractivity contribution in [2.24, 2.45) is 0 Å². The van der Waals surface area contributed by atoms with Crippen LogP contribution in [-0.4, -0.2) is 32.5 Å². The summed E-state index contributed by atoms with van der Waals surface area (Å²) in [5, 5.41) is 3.30. The number of imidazole rings is 1. The van der Waals surface area contributed by atoms with Gasteiger partial charge in [0.05, 0.1) is 6.54 Å². The first kappa shape index (κ1) is 13.1. The van der Waals surface area contributed by atoms with Crippen LogP contribution in [0.15, 0.2) is 30.7 Å². The Morgan fingerprint density at radius 3 is 3.00 bits per heavy atom. The van der Waals surface area contributed by atoms with Crippen molar-refractivity contribution in [2.75, 3.05) is 18.4 Å². The maximum Gasteiger partial charge on any atom is 0.125 e. The monoisotopic (exact) mass is 271 g/mol. The summed E-state index contributed by atoms with van der Waals surface area (Å²) in [6, 6.07) is 4.22. The quantitative estimate of drug-likeness (QED) is 0.905. The van der Waals surface area contributed by atoms with E-state index in [4.69, 9.17) is 0 Å². The van der Waals surface area contributed by atoms with Gasteiger partial charge in [-0.3, -0.25) is 4.90 Å². The van der Waals surface area contributed by atoms with Gasteiger partial charge < -0.3 is 9.88 Å². The van der Waals surface area contributed by atoms with Gasteiger partial charge in [-0.25, -0.2) is 9.97 Å². The van der Waals surface area contributed by atoms with Crippen LogP contribution in [0.25, 0.3) is 0 Å². The van der Waals surface area contributed by atoms with E-state index in [1.54, 1.807) is 0 Å². The van der Waals surface area contributed by atoms with Gasteiger partial charge in [-0.05, 0) is 18.1 Å². The van der Waals surface area contributed by atoms with E-state index in [0.717, 1.165) is 50.8 Å². The second-order valence-electron chi connectivity index (χ2n) is 5.23. The molecule has 1 aliphatic rings. The van der Waals surface area contributed by atoms with Gasteiger partial charge in [0.15, 0.2) is 0 Å². The molecule has 1 aliphatic heterocycles. The molecule has 0 spiro atoms. The van der Waals surface area contributed by atoms with E-state index < -0.39 is 0 Å². The fourth-order valence-electron chi connectivity index (χ4n) is 2.49. The van der Waals surface area contributed by atoms with Crippen LogP contribution in [0, 0.1) is 0 Å². The van der Waals surface area contributed by atoms with Crippen LogP contribution >= 0.6 is 0 Å². The Bertz CT molecular complexity index is 546. The molecule has 106 valence electrons. The Morgan fingerprint density at radius 2 is 2.20 bits per heavy atom. The summed E-state index contributed by atoms with van der Waals surface area (Å²) in [5.74, 6) is 2.12. The fourth-order valence-corrected chi connectivity index (χ4v) is 2.49. The van der Waals surface area contributed by atoms with Crippen molar-refractivity contribution in [2.45, 2.75) is 33.0 Å². The lowest BCUT2D eigenvalue weighted by molar-refractivity contribution is 0.208. The number of anilines is 1. The highest BCUT2D eigenvalue weighted by molar-refractivity contribution is 5.35. The molecule has 2 aromatic heterocycles. The molecule has 0 saturated heterocycles. The summed E-state index contributed by atoms with van der Waals surface area (Å²) in [6.07, 6.45) is 7.03. The Labute approximate surface area is 119 Å². The third-order valence-electron chi connectivity index (χ3n) is 3.61. The Hall–Kier alpha value is -1.88. The maximum absolute atomic E-state index is 4.46. The van der Waals surface area contributed by atoms with E-state index in [1.807, 2.05) is 12.4 Å². The lowest BCUT2D eigenvalue weighted by atomic mass is 10.2.